The lowest BCUT2D eigenvalue weighted by atomic mass is 10.1. The predicted molar refractivity (Wildman–Crippen MR) is 75.8 cm³/mol. The van der Waals surface area contributed by atoms with Crippen molar-refractivity contribution in [2.24, 2.45) is 0 Å². The number of hydrogen-bond acceptors (Lipinski definition) is 2. The van der Waals surface area contributed by atoms with Crippen molar-refractivity contribution in [1.82, 2.24) is 9.55 Å². The van der Waals surface area contributed by atoms with E-state index in [-0.39, 0.29) is 5.82 Å². The molecule has 102 valence electrons. The molecule has 0 fully saturated rings. The number of anilines is 1. The second-order valence-electron chi connectivity index (χ2n) is 4.70. The van der Waals surface area contributed by atoms with Crippen molar-refractivity contribution in [3.8, 4) is 0 Å². The third-order valence-corrected chi connectivity index (χ3v) is 2.98. The van der Waals surface area contributed by atoms with Gasteiger partial charge in [-0.1, -0.05) is 19.1 Å². The molecule has 0 aliphatic heterocycles. The third-order valence-electron chi connectivity index (χ3n) is 2.98. The van der Waals surface area contributed by atoms with Crippen molar-refractivity contribution in [2.75, 3.05) is 11.9 Å². The zero-order valence-corrected chi connectivity index (χ0v) is 11.5. The molecule has 1 heterocycles. The zero-order valence-electron chi connectivity index (χ0n) is 11.5. The molecule has 1 aromatic heterocycles. The van der Waals surface area contributed by atoms with Crippen molar-refractivity contribution >= 4 is 5.95 Å². The van der Waals surface area contributed by atoms with Crippen LogP contribution in [0, 0.1) is 12.7 Å². The molecule has 0 atom stereocenters. The molecule has 0 aliphatic rings. The van der Waals surface area contributed by atoms with Gasteiger partial charge in [-0.2, -0.15) is 0 Å². The zero-order chi connectivity index (χ0) is 13.7. The average molecular weight is 261 g/mol. The monoisotopic (exact) mass is 261 g/mol. The third kappa shape index (κ3) is 3.81. The first-order chi connectivity index (χ1) is 9.19. The van der Waals surface area contributed by atoms with E-state index < -0.39 is 0 Å². The molecule has 0 radical (unpaired) electrons. The fourth-order valence-electron chi connectivity index (χ4n) is 2.00. The molecule has 3 nitrogen and oxygen atoms in total. The number of nitrogens with zero attached hydrogens (tertiary/aromatic N) is 2. The average Bonchev–Trinajstić information content (AvgIpc) is 2.76. The van der Waals surface area contributed by atoms with Gasteiger partial charge in [0.15, 0.2) is 0 Å². The van der Waals surface area contributed by atoms with E-state index in [1.165, 1.54) is 12.1 Å². The van der Waals surface area contributed by atoms with Crippen molar-refractivity contribution in [2.45, 2.75) is 33.2 Å². The summed E-state index contributed by atoms with van der Waals surface area (Å²) in [6, 6.07) is 6.67. The van der Waals surface area contributed by atoms with Gasteiger partial charge in [-0.3, -0.25) is 0 Å². The summed E-state index contributed by atoms with van der Waals surface area (Å²) in [6.07, 6.45) is 3.99. The summed E-state index contributed by atoms with van der Waals surface area (Å²) in [6.45, 7) is 5.89. The Bertz CT molecular complexity index is 517. The van der Waals surface area contributed by atoms with Gasteiger partial charge in [-0.05, 0) is 37.5 Å². The summed E-state index contributed by atoms with van der Waals surface area (Å²) >= 11 is 0. The molecule has 1 N–H and O–H groups in total. The van der Waals surface area contributed by atoms with Crippen LogP contribution in [0.4, 0.5) is 10.3 Å². The molecular weight excluding hydrogens is 241 g/mol. The fraction of sp³-hybridized carbons (Fsp3) is 0.400. The maximum Gasteiger partial charge on any atom is 0.203 e. The molecule has 19 heavy (non-hydrogen) atoms. The number of imidazole rings is 1. The number of hydrogen-bond donors (Lipinski definition) is 1. The number of benzene rings is 1. The van der Waals surface area contributed by atoms with Crippen LogP contribution in [0.15, 0.2) is 30.5 Å². The molecule has 4 heteroatoms. The number of rotatable bonds is 6. The molecule has 0 bridgehead atoms. The van der Waals surface area contributed by atoms with Crippen LogP contribution in [-0.4, -0.2) is 16.1 Å². The predicted octanol–water partition coefficient (Wildman–Crippen LogP) is 3.40. The fourth-order valence-corrected chi connectivity index (χ4v) is 2.00. The van der Waals surface area contributed by atoms with Crippen molar-refractivity contribution < 1.29 is 4.39 Å². The minimum absolute atomic E-state index is 0.187. The van der Waals surface area contributed by atoms with Gasteiger partial charge in [0.1, 0.15) is 5.82 Å². The topological polar surface area (TPSA) is 29.9 Å². The van der Waals surface area contributed by atoms with E-state index >= 15 is 0 Å². The summed E-state index contributed by atoms with van der Waals surface area (Å²) in [5.74, 6) is 0.731. The van der Waals surface area contributed by atoms with Crippen LogP contribution in [0.1, 0.15) is 24.6 Å². The molecule has 0 aliphatic carbocycles. The standard InChI is InChI=1S/C15H20FN3/c1-3-9-17-15-18-12(2)11-19(15)10-8-13-4-6-14(16)7-5-13/h4-7,11H,3,8-10H2,1-2H3,(H,17,18). The van der Waals surface area contributed by atoms with Crippen molar-refractivity contribution in [1.29, 1.82) is 0 Å². The highest BCUT2D eigenvalue weighted by atomic mass is 19.1. The van der Waals surface area contributed by atoms with Crippen LogP contribution in [-0.2, 0) is 13.0 Å². The molecule has 0 saturated carbocycles. The van der Waals surface area contributed by atoms with Gasteiger partial charge in [0, 0.05) is 19.3 Å². The number of aryl methyl sites for hydroxylation is 3. The first-order valence-corrected chi connectivity index (χ1v) is 6.71. The largest absolute Gasteiger partial charge is 0.356 e. The molecule has 1 aromatic carbocycles. The van der Waals surface area contributed by atoms with Crippen LogP contribution >= 0.6 is 0 Å². The van der Waals surface area contributed by atoms with E-state index in [0.717, 1.165) is 43.1 Å². The highest BCUT2D eigenvalue weighted by Crippen LogP contribution is 2.11. The molecule has 0 spiro atoms. The maximum atomic E-state index is 12.8. The summed E-state index contributed by atoms with van der Waals surface area (Å²) in [4.78, 5) is 4.47. The van der Waals surface area contributed by atoms with Crippen LogP contribution < -0.4 is 5.32 Å². The van der Waals surface area contributed by atoms with Gasteiger partial charge in [0.05, 0.1) is 5.69 Å². The van der Waals surface area contributed by atoms with Gasteiger partial charge in [0.2, 0.25) is 5.95 Å². The highest BCUT2D eigenvalue weighted by molar-refractivity contribution is 5.29. The lowest BCUT2D eigenvalue weighted by molar-refractivity contribution is 0.625. The lowest BCUT2D eigenvalue weighted by Crippen LogP contribution is -2.09. The maximum absolute atomic E-state index is 12.8. The highest BCUT2D eigenvalue weighted by Gasteiger charge is 2.04. The van der Waals surface area contributed by atoms with E-state index in [4.69, 9.17) is 0 Å². The van der Waals surface area contributed by atoms with Crippen molar-refractivity contribution in [3.63, 3.8) is 0 Å². The molecular formula is C15H20FN3. The summed E-state index contributed by atoms with van der Waals surface area (Å²) in [5, 5.41) is 3.32. The Labute approximate surface area is 113 Å². The Hall–Kier alpha value is -1.84. The van der Waals surface area contributed by atoms with Crippen LogP contribution in [0.2, 0.25) is 0 Å². The second-order valence-corrected chi connectivity index (χ2v) is 4.70. The van der Waals surface area contributed by atoms with Gasteiger partial charge in [-0.25, -0.2) is 9.37 Å². The van der Waals surface area contributed by atoms with Gasteiger partial charge in [0.25, 0.3) is 0 Å². The Balaban J connectivity index is 2.00. The molecule has 0 unspecified atom stereocenters. The first-order valence-electron chi connectivity index (χ1n) is 6.71. The lowest BCUT2D eigenvalue weighted by Gasteiger charge is -2.09. The van der Waals surface area contributed by atoms with Gasteiger partial charge >= 0.3 is 0 Å². The normalized spacial score (nSPS) is 10.7. The summed E-state index contributed by atoms with van der Waals surface area (Å²) in [7, 11) is 0. The summed E-state index contributed by atoms with van der Waals surface area (Å²) < 4.78 is 15.0. The van der Waals surface area contributed by atoms with Crippen molar-refractivity contribution in [3.05, 3.63) is 47.5 Å². The van der Waals surface area contributed by atoms with Gasteiger partial charge in [-0.15, -0.1) is 0 Å². The SMILES string of the molecule is CCCNc1nc(C)cn1CCc1ccc(F)cc1. The smallest absolute Gasteiger partial charge is 0.203 e. The van der Waals surface area contributed by atoms with E-state index in [2.05, 4.69) is 21.8 Å². The quantitative estimate of drug-likeness (QED) is 0.863. The van der Waals surface area contributed by atoms with Gasteiger partial charge < -0.3 is 9.88 Å². The Morgan fingerprint density at radius 1 is 1.26 bits per heavy atom. The Morgan fingerprint density at radius 2 is 2.00 bits per heavy atom. The molecule has 2 rings (SSSR count). The number of aromatic nitrogens is 2. The Kier molecular flexibility index (Phi) is 4.55. The van der Waals surface area contributed by atoms with Crippen LogP contribution in [0.25, 0.3) is 0 Å². The number of nitrogens with one attached hydrogen (secondary N) is 1. The van der Waals surface area contributed by atoms with Crippen LogP contribution in [0.3, 0.4) is 0 Å². The minimum atomic E-state index is -0.187. The first kappa shape index (κ1) is 13.6. The van der Waals surface area contributed by atoms with E-state index in [0.29, 0.717) is 0 Å². The second kappa shape index (κ2) is 6.36. The molecule has 0 saturated heterocycles. The summed E-state index contributed by atoms with van der Waals surface area (Å²) in [5.41, 5.74) is 2.15. The molecule has 0 amide bonds. The minimum Gasteiger partial charge on any atom is -0.356 e. The molecule has 2 aromatic rings. The van der Waals surface area contributed by atoms with E-state index in [9.17, 15) is 4.39 Å². The Morgan fingerprint density at radius 3 is 2.68 bits per heavy atom. The number of halogens is 1. The van der Waals surface area contributed by atoms with Crippen LogP contribution in [0.5, 0.6) is 0 Å². The van der Waals surface area contributed by atoms with E-state index in [1.54, 1.807) is 0 Å². The van der Waals surface area contributed by atoms with E-state index in [1.807, 2.05) is 25.3 Å².